The molecule has 0 saturated carbocycles. The van der Waals surface area contributed by atoms with E-state index in [1.165, 1.54) is 25.2 Å². The molecule has 2 saturated heterocycles. The van der Waals surface area contributed by atoms with Gasteiger partial charge in [-0.15, -0.1) is 0 Å². The zero-order chi connectivity index (χ0) is 16.1. The second-order valence-corrected chi connectivity index (χ2v) is 6.56. The smallest absolute Gasteiger partial charge is 0.193 e. The van der Waals surface area contributed by atoms with Crippen molar-refractivity contribution in [3.8, 4) is 0 Å². The molecule has 1 aromatic rings. The van der Waals surface area contributed by atoms with Crippen molar-refractivity contribution in [2.75, 3.05) is 64.3 Å². The normalized spacial score (nSPS) is 19.7. The lowest BCUT2D eigenvalue weighted by Crippen LogP contribution is -2.53. The zero-order valence-electron chi connectivity index (χ0n) is 13.8. The Morgan fingerprint density at radius 3 is 2.57 bits per heavy atom. The third kappa shape index (κ3) is 4.30. The highest BCUT2D eigenvalue weighted by Crippen LogP contribution is 2.20. The molecule has 0 bridgehead atoms. The number of guanidine groups is 1. The first-order valence-electron chi connectivity index (χ1n) is 8.45. The van der Waals surface area contributed by atoms with Gasteiger partial charge in [-0.25, -0.2) is 0 Å². The van der Waals surface area contributed by atoms with Crippen LogP contribution in [0.2, 0.25) is 5.02 Å². The number of rotatable bonds is 4. The number of nitrogens with zero attached hydrogens (tertiary/aromatic N) is 4. The zero-order valence-corrected chi connectivity index (χ0v) is 14.6. The Hall–Kier alpha value is -1.46. The molecule has 0 amide bonds. The Morgan fingerprint density at radius 1 is 1.17 bits per heavy atom. The van der Waals surface area contributed by atoms with Gasteiger partial charge in [0.2, 0.25) is 0 Å². The summed E-state index contributed by atoms with van der Waals surface area (Å²) in [5.74, 6) is 1.02. The SMILES string of the molecule is CN=C(NCCN1CCC1)N1CCN(c2cccc(Cl)c2)CC1. The minimum atomic E-state index is 0.799. The molecule has 0 atom stereocenters. The van der Waals surface area contributed by atoms with Crippen molar-refractivity contribution in [1.82, 2.24) is 15.1 Å². The van der Waals surface area contributed by atoms with Crippen LogP contribution in [0.1, 0.15) is 6.42 Å². The molecule has 2 fully saturated rings. The highest BCUT2D eigenvalue weighted by atomic mass is 35.5. The number of hydrogen-bond donors (Lipinski definition) is 1. The van der Waals surface area contributed by atoms with Gasteiger partial charge in [-0.05, 0) is 37.7 Å². The molecule has 2 heterocycles. The molecule has 0 aromatic heterocycles. The molecule has 23 heavy (non-hydrogen) atoms. The fourth-order valence-electron chi connectivity index (χ4n) is 3.11. The summed E-state index contributed by atoms with van der Waals surface area (Å²) in [6.45, 7) is 8.53. The molecule has 2 aliphatic heterocycles. The predicted molar refractivity (Wildman–Crippen MR) is 97.7 cm³/mol. The van der Waals surface area contributed by atoms with Gasteiger partial charge in [0.15, 0.2) is 5.96 Å². The topological polar surface area (TPSA) is 34.1 Å². The van der Waals surface area contributed by atoms with Crippen molar-refractivity contribution in [3.63, 3.8) is 0 Å². The van der Waals surface area contributed by atoms with E-state index >= 15 is 0 Å². The van der Waals surface area contributed by atoms with Crippen LogP contribution < -0.4 is 10.2 Å². The summed E-state index contributed by atoms with van der Waals surface area (Å²) in [5.41, 5.74) is 1.21. The van der Waals surface area contributed by atoms with Gasteiger partial charge < -0.3 is 20.0 Å². The Balaban J connectivity index is 1.46. The van der Waals surface area contributed by atoms with Gasteiger partial charge in [-0.2, -0.15) is 0 Å². The van der Waals surface area contributed by atoms with Gasteiger partial charge in [-0.3, -0.25) is 4.99 Å². The number of aliphatic imine (C=N–C) groups is 1. The number of halogens is 1. The summed E-state index contributed by atoms with van der Waals surface area (Å²) in [4.78, 5) is 11.6. The maximum absolute atomic E-state index is 6.09. The molecule has 5 nitrogen and oxygen atoms in total. The first kappa shape index (κ1) is 16.4. The molecule has 6 heteroatoms. The number of hydrogen-bond acceptors (Lipinski definition) is 3. The van der Waals surface area contributed by atoms with E-state index in [-0.39, 0.29) is 0 Å². The molecule has 1 N–H and O–H groups in total. The Kier molecular flexibility index (Phi) is 5.62. The molecule has 126 valence electrons. The van der Waals surface area contributed by atoms with Crippen LogP contribution in [0.25, 0.3) is 0 Å². The second kappa shape index (κ2) is 7.88. The molecular formula is C17H26ClN5. The average molecular weight is 336 g/mol. The second-order valence-electron chi connectivity index (χ2n) is 6.12. The van der Waals surface area contributed by atoms with Gasteiger partial charge in [0, 0.05) is 57.0 Å². The maximum Gasteiger partial charge on any atom is 0.193 e. The molecular weight excluding hydrogens is 310 g/mol. The van der Waals surface area contributed by atoms with Crippen LogP contribution in [0.5, 0.6) is 0 Å². The highest BCUT2D eigenvalue weighted by Gasteiger charge is 2.20. The average Bonchev–Trinajstić information content (AvgIpc) is 2.54. The third-order valence-electron chi connectivity index (χ3n) is 4.62. The number of nitrogens with one attached hydrogen (secondary N) is 1. The molecule has 2 aliphatic rings. The van der Waals surface area contributed by atoms with E-state index in [0.717, 1.165) is 50.3 Å². The summed E-state index contributed by atoms with van der Waals surface area (Å²) in [7, 11) is 1.87. The van der Waals surface area contributed by atoms with Crippen LogP contribution in [0.4, 0.5) is 5.69 Å². The molecule has 3 rings (SSSR count). The lowest BCUT2D eigenvalue weighted by atomic mass is 10.2. The number of anilines is 1. The highest BCUT2D eigenvalue weighted by molar-refractivity contribution is 6.30. The van der Waals surface area contributed by atoms with Crippen LogP contribution in [0.3, 0.4) is 0 Å². The standard InChI is InChI=1S/C17H26ClN5/c1-19-17(20-6-9-21-7-3-8-21)23-12-10-22(11-13-23)16-5-2-4-15(18)14-16/h2,4-5,14H,3,6-13H2,1H3,(H,19,20). The van der Waals surface area contributed by atoms with E-state index in [0.29, 0.717) is 0 Å². The molecule has 0 radical (unpaired) electrons. The summed E-state index contributed by atoms with van der Waals surface area (Å²) < 4.78 is 0. The lowest BCUT2D eigenvalue weighted by molar-refractivity contribution is 0.184. The van der Waals surface area contributed by atoms with Gasteiger partial charge >= 0.3 is 0 Å². The van der Waals surface area contributed by atoms with Crippen molar-refractivity contribution < 1.29 is 0 Å². The fraction of sp³-hybridized carbons (Fsp3) is 0.588. The first-order valence-corrected chi connectivity index (χ1v) is 8.82. The lowest BCUT2D eigenvalue weighted by Gasteiger charge is -2.38. The number of benzene rings is 1. The first-order chi connectivity index (χ1) is 11.3. The Labute approximate surface area is 143 Å². The summed E-state index contributed by atoms with van der Waals surface area (Å²) in [6, 6.07) is 8.10. The van der Waals surface area contributed by atoms with E-state index < -0.39 is 0 Å². The monoisotopic (exact) mass is 335 g/mol. The van der Waals surface area contributed by atoms with Crippen molar-refractivity contribution in [2.45, 2.75) is 6.42 Å². The molecule has 0 aliphatic carbocycles. The van der Waals surface area contributed by atoms with Crippen LogP contribution in [-0.2, 0) is 0 Å². The molecule has 0 unspecified atom stereocenters. The van der Waals surface area contributed by atoms with E-state index in [1.54, 1.807) is 0 Å². The van der Waals surface area contributed by atoms with Crippen LogP contribution in [0, 0.1) is 0 Å². The number of piperazine rings is 1. The largest absolute Gasteiger partial charge is 0.368 e. The van der Waals surface area contributed by atoms with Crippen LogP contribution in [0.15, 0.2) is 29.3 Å². The quantitative estimate of drug-likeness (QED) is 0.671. The minimum Gasteiger partial charge on any atom is -0.368 e. The van der Waals surface area contributed by atoms with Crippen LogP contribution in [-0.4, -0.2) is 75.2 Å². The maximum atomic E-state index is 6.09. The number of likely N-dealkylation sites (tertiary alicyclic amines) is 1. The van der Waals surface area contributed by atoms with E-state index in [9.17, 15) is 0 Å². The summed E-state index contributed by atoms with van der Waals surface area (Å²) >= 11 is 6.09. The van der Waals surface area contributed by atoms with Crippen molar-refractivity contribution >= 4 is 23.2 Å². The minimum absolute atomic E-state index is 0.799. The van der Waals surface area contributed by atoms with Crippen molar-refractivity contribution in [3.05, 3.63) is 29.3 Å². The fourth-order valence-corrected chi connectivity index (χ4v) is 3.30. The summed E-state index contributed by atoms with van der Waals surface area (Å²) in [5, 5.41) is 4.30. The van der Waals surface area contributed by atoms with Gasteiger partial charge in [-0.1, -0.05) is 17.7 Å². The van der Waals surface area contributed by atoms with Gasteiger partial charge in [0.05, 0.1) is 0 Å². The van der Waals surface area contributed by atoms with Gasteiger partial charge in [0.25, 0.3) is 0 Å². The summed E-state index contributed by atoms with van der Waals surface area (Å²) in [6.07, 6.45) is 1.35. The van der Waals surface area contributed by atoms with Crippen LogP contribution >= 0.6 is 11.6 Å². The van der Waals surface area contributed by atoms with E-state index in [1.807, 2.05) is 25.2 Å². The van der Waals surface area contributed by atoms with Gasteiger partial charge in [0.1, 0.15) is 0 Å². The van der Waals surface area contributed by atoms with Crippen molar-refractivity contribution in [2.24, 2.45) is 4.99 Å². The molecule has 0 spiro atoms. The predicted octanol–water partition coefficient (Wildman–Crippen LogP) is 1.74. The van der Waals surface area contributed by atoms with E-state index in [4.69, 9.17) is 11.6 Å². The molecule has 1 aromatic carbocycles. The third-order valence-corrected chi connectivity index (χ3v) is 4.86. The Morgan fingerprint density at radius 2 is 1.96 bits per heavy atom. The van der Waals surface area contributed by atoms with Crippen molar-refractivity contribution in [1.29, 1.82) is 0 Å². The Bertz CT molecular complexity index is 536. The van der Waals surface area contributed by atoms with E-state index in [2.05, 4.69) is 31.1 Å².